The zero-order valence-corrected chi connectivity index (χ0v) is 10.7. The van der Waals surface area contributed by atoms with Crippen LogP contribution in [0.25, 0.3) is 0 Å². The summed E-state index contributed by atoms with van der Waals surface area (Å²) in [5.41, 5.74) is 0.131. The molecule has 1 aromatic rings. The van der Waals surface area contributed by atoms with Gasteiger partial charge in [-0.3, -0.25) is 0 Å². The Labute approximate surface area is 106 Å². The fraction of sp³-hybridized carbons (Fsp3) is 0.571. The van der Waals surface area contributed by atoms with Crippen molar-refractivity contribution in [1.82, 2.24) is 0 Å². The molecule has 1 aromatic carbocycles. The lowest BCUT2D eigenvalue weighted by molar-refractivity contribution is 0.392. The van der Waals surface area contributed by atoms with Crippen LogP contribution in [-0.4, -0.2) is 5.38 Å². The van der Waals surface area contributed by atoms with Gasteiger partial charge in [-0.2, -0.15) is 0 Å². The number of hydrogen-bond donors (Lipinski definition) is 0. The fourth-order valence-corrected chi connectivity index (χ4v) is 3.31. The van der Waals surface area contributed by atoms with Gasteiger partial charge < -0.3 is 0 Å². The van der Waals surface area contributed by atoms with E-state index in [1.165, 1.54) is 31.0 Å². The molecule has 0 saturated heterocycles. The second-order valence-electron chi connectivity index (χ2n) is 4.99. The molecule has 94 valence electrons. The molecule has 0 heterocycles. The monoisotopic (exact) mass is 258 g/mol. The molecule has 1 aliphatic carbocycles. The minimum atomic E-state index is -0.485. The summed E-state index contributed by atoms with van der Waals surface area (Å²) >= 11 is 6.33. The third-order valence-corrected chi connectivity index (χ3v) is 4.33. The molecule has 17 heavy (non-hydrogen) atoms. The smallest absolute Gasteiger partial charge is 0.129 e. The van der Waals surface area contributed by atoms with Crippen LogP contribution in [0.15, 0.2) is 18.2 Å². The van der Waals surface area contributed by atoms with Crippen molar-refractivity contribution >= 4 is 11.6 Å². The molecule has 1 saturated carbocycles. The molecular formula is C14H17ClF2. The molecule has 0 amide bonds. The summed E-state index contributed by atoms with van der Waals surface area (Å²) in [6, 6.07) is 3.97. The van der Waals surface area contributed by atoms with E-state index >= 15 is 0 Å². The normalized spacial score (nSPS) is 26.1. The summed E-state index contributed by atoms with van der Waals surface area (Å²) < 4.78 is 27.0. The van der Waals surface area contributed by atoms with E-state index in [2.05, 4.69) is 6.92 Å². The van der Waals surface area contributed by atoms with E-state index in [-0.39, 0.29) is 17.4 Å². The molecule has 2 rings (SSSR count). The van der Waals surface area contributed by atoms with Crippen LogP contribution in [0.4, 0.5) is 8.78 Å². The zero-order chi connectivity index (χ0) is 12.4. The number of alkyl halides is 1. The summed E-state index contributed by atoms with van der Waals surface area (Å²) in [6.45, 7) is 2.17. The van der Waals surface area contributed by atoms with Gasteiger partial charge in [-0.15, -0.1) is 11.6 Å². The predicted molar refractivity (Wildman–Crippen MR) is 66.2 cm³/mol. The average molecular weight is 259 g/mol. The van der Waals surface area contributed by atoms with E-state index in [1.54, 1.807) is 0 Å². The minimum Gasteiger partial charge on any atom is -0.207 e. The summed E-state index contributed by atoms with van der Waals surface area (Å²) in [7, 11) is 0. The van der Waals surface area contributed by atoms with E-state index in [1.807, 2.05) is 0 Å². The van der Waals surface area contributed by atoms with Gasteiger partial charge in [0.15, 0.2) is 0 Å². The predicted octanol–water partition coefficient (Wildman–Crippen LogP) is 4.55. The highest BCUT2D eigenvalue weighted by Gasteiger charge is 2.30. The van der Waals surface area contributed by atoms with Crippen LogP contribution < -0.4 is 0 Å². The SMILES string of the molecule is CC1CCCC1C(Cl)Cc1c(F)cccc1F. The molecule has 0 aliphatic heterocycles. The first-order chi connectivity index (χ1) is 8.09. The highest BCUT2D eigenvalue weighted by molar-refractivity contribution is 6.21. The van der Waals surface area contributed by atoms with Gasteiger partial charge in [0.05, 0.1) is 0 Å². The van der Waals surface area contributed by atoms with Gasteiger partial charge in [0.1, 0.15) is 11.6 Å². The summed E-state index contributed by atoms with van der Waals surface area (Å²) in [5.74, 6) is -0.0226. The van der Waals surface area contributed by atoms with Gasteiger partial charge in [0, 0.05) is 10.9 Å². The van der Waals surface area contributed by atoms with E-state index in [4.69, 9.17) is 11.6 Å². The summed E-state index contributed by atoms with van der Waals surface area (Å²) in [5, 5.41) is -0.168. The lowest BCUT2D eigenvalue weighted by atomic mass is 9.90. The quantitative estimate of drug-likeness (QED) is 0.698. The van der Waals surface area contributed by atoms with Crippen molar-refractivity contribution in [2.75, 3.05) is 0 Å². The Bertz CT molecular complexity index is 372. The molecule has 0 radical (unpaired) electrons. The largest absolute Gasteiger partial charge is 0.207 e. The number of hydrogen-bond acceptors (Lipinski definition) is 0. The molecule has 1 aliphatic rings. The first-order valence-corrected chi connectivity index (χ1v) is 6.60. The topological polar surface area (TPSA) is 0 Å². The van der Waals surface area contributed by atoms with Crippen LogP contribution in [0, 0.1) is 23.5 Å². The van der Waals surface area contributed by atoms with Crippen LogP contribution in [0.3, 0.4) is 0 Å². The Kier molecular flexibility index (Phi) is 4.03. The van der Waals surface area contributed by atoms with Crippen LogP contribution in [0.2, 0.25) is 0 Å². The van der Waals surface area contributed by atoms with Crippen LogP contribution in [0.1, 0.15) is 31.7 Å². The second kappa shape index (κ2) is 5.34. The van der Waals surface area contributed by atoms with Gasteiger partial charge in [-0.05, 0) is 36.8 Å². The van der Waals surface area contributed by atoms with E-state index < -0.39 is 11.6 Å². The maximum Gasteiger partial charge on any atom is 0.129 e. The average Bonchev–Trinajstić information content (AvgIpc) is 2.70. The van der Waals surface area contributed by atoms with Crippen LogP contribution >= 0.6 is 11.6 Å². The van der Waals surface area contributed by atoms with Crippen LogP contribution in [-0.2, 0) is 6.42 Å². The molecule has 0 bridgehead atoms. The van der Waals surface area contributed by atoms with Crippen molar-refractivity contribution in [3.8, 4) is 0 Å². The van der Waals surface area contributed by atoms with E-state index in [9.17, 15) is 8.78 Å². The number of rotatable bonds is 3. The van der Waals surface area contributed by atoms with Crippen molar-refractivity contribution in [3.63, 3.8) is 0 Å². The van der Waals surface area contributed by atoms with E-state index in [0.717, 1.165) is 6.42 Å². The minimum absolute atomic E-state index is 0.131. The van der Waals surface area contributed by atoms with Crippen molar-refractivity contribution in [1.29, 1.82) is 0 Å². The molecule has 3 atom stereocenters. The molecule has 1 fully saturated rings. The Hall–Kier alpha value is -0.630. The molecule has 0 aromatic heterocycles. The summed E-state index contributed by atoms with van der Waals surface area (Å²) in [4.78, 5) is 0. The lowest BCUT2D eigenvalue weighted by Gasteiger charge is -2.21. The maximum absolute atomic E-state index is 13.5. The third kappa shape index (κ3) is 2.79. The number of halogens is 3. The summed E-state index contributed by atoms with van der Waals surface area (Å²) in [6.07, 6.45) is 3.71. The molecule has 3 heteroatoms. The van der Waals surface area contributed by atoms with Crippen molar-refractivity contribution in [2.24, 2.45) is 11.8 Å². The first kappa shape index (κ1) is 12.8. The van der Waals surface area contributed by atoms with E-state index in [0.29, 0.717) is 11.8 Å². The Morgan fingerprint density at radius 1 is 1.29 bits per heavy atom. The zero-order valence-electron chi connectivity index (χ0n) is 9.93. The lowest BCUT2D eigenvalue weighted by Crippen LogP contribution is -2.20. The molecule has 0 spiro atoms. The third-order valence-electron chi connectivity index (χ3n) is 3.85. The van der Waals surface area contributed by atoms with Gasteiger partial charge in [-0.1, -0.05) is 25.8 Å². The fourth-order valence-electron chi connectivity index (χ4n) is 2.79. The van der Waals surface area contributed by atoms with Gasteiger partial charge in [-0.25, -0.2) is 8.78 Å². The van der Waals surface area contributed by atoms with Gasteiger partial charge >= 0.3 is 0 Å². The molecule has 0 N–H and O–H groups in total. The Morgan fingerprint density at radius 2 is 1.94 bits per heavy atom. The van der Waals surface area contributed by atoms with Crippen LogP contribution in [0.5, 0.6) is 0 Å². The molecule has 0 nitrogen and oxygen atoms in total. The standard InChI is InChI=1S/C14H17ClF2/c1-9-4-2-5-10(9)12(15)8-11-13(16)6-3-7-14(11)17/h3,6-7,9-10,12H,2,4-5,8H2,1H3. The molecular weight excluding hydrogens is 242 g/mol. The van der Waals surface area contributed by atoms with Gasteiger partial charge in [0.25, 0.3) is 0 Å². The highest BCUT2D eigenvalue weighted by atomic mass is 35.5. The maximum atomic E-state index is 13.5. The first-order valence-electron chi connectivity index (χ1n) is 6.16. The van der Waals surface area contributed by atoms with Crippen molar-refractivity contribution < 1.29 is 8.78 Å². The van der Waals surface area contributed by atoms with Crippen molar-refractivity contribution in [2.45, 2.75) is 38.0 Å². The Morgan fingerprint density at radius 3 is 2.47 bits per heavy atom. The number of benzene rings is 1. The molecule has 3 unspecified atom stereocenters. The highest BCUT2D eigenvalue weighted by Crippen LogP contribution is 2.37. The second-order valence-corrected chi connectivity index (χ2v) is 5.55. The van der Waals surface area contributed by atoms with Gasteiger partial charge in [0.2, 0.25) is 0 Å². The van der Waals surface area contributed by atoms with Crippen molar-refractivity contribution in [3.05, 3.63) is 35.4 Å². The Balaban J connectivity index is 2.10.